The third-order valence-electron chi connectivity index (χ3n) is 2.15. The van der Waals surface area contributed by atoms with Gasteiger partial charge in [0.15, 0.2) is 5.01 Å². The van der Waals surface area contributed by atoms with Crippen molar-refractivity contribution >= 4 is 27.3 Å². The molecule has 0 aliphatic heterocycles. The van der Waals surface area contributed by atoms with Gasteiger partial charge >= 0.3 is 0 Å². The number of rotatable bonds is 4. The smallest absolute Gasteiger partial charge is 0.150 e. The van der Waals surface area contributed by atoms with Crippen LogP contribution in [0, 0.1) is 5.82 Å². The Balaban J connectivity index is 2.27. The molecule has 0 amide bonds. The van der Waals surface area contributed by atoms with Crippen LogP contribution in [-0.4, -0.2) is 16.7 Å². The normalized spacial score (nSPS) is 10.8. The SMILES string of the molecule is CCNCc1nnc(-c2cc(Br)ccc2F)s1. The number of hydrogen-bond acceptors (Lipinski definition) is 4. The van der Waals surface area contributed by atoms with E-state index in [1.54, 1.807) is 12.1 Å². The first kappa shape index (κ1) is 12.6. The average Bonchev–Trinajstić information content (AvgIpc) is 2.78. The Morgan fingerprint density at radius 2 is 2.24 bits per heavy atom. The Labute approximate surface area is 111 Å². The maximum atomic E-state index is 13.6. The molecule has 0 fully saturated rings. The lowest BCUT2D eigenvalue weighted by atomic mass is 10.2. The number of benzene rings is 1. The molecule has 0 radical (unpaired) electrons. The Hall–Kier alpha value is -0.850. The fourth-order valence-electron chi connectivity index (χ4n) is 1.33. The molecule has 0 saturated heterocycles. The maximum absolute atomic E-state index is 13.6. The van der Waals surface area contributed by atoms with E-state index in [9.17, 15) is 4.39 Å². The zero-order chi connectivity index (χ0) is 12.3. The van der Waals surface area contributed by atoms with Crippen LogP contribution in [0.2, 0.25) is 0 Å². The summed E-state index contributed by atoms with van der Waals surface area (Å²) in [6.45, 7) is 3.57. The number of halogens is 2. The van der Waals surface area contributed by atoms with Gasteiger partial charge in [0.2, 0.25) is 0 Å². The molecular formula is C11H11BrFN3S. The molecule has 1 aromatic carbocycles. The van der Waals surface area contributed by atoms with Gasteiger partial charge in [-0.1, -0.05) is 34.2 Å². The van der Waals surface area contributed by atoms with Gasteiger partial charge in [0.05, 0.1) is 0 Å². The van der Waals surface area contributed by atoms with Crippen molar-refractivity contribution in [3.8, 4) is 10.6 Å². The van der Waals surface area contributed by atoms with Gasteiger partial charge in [-0.3, -0.25) is 0 Å². The number of hydrogen-bond donors (Lipinski definition) is 1. The monoisotopic (exact) mass is 315 g/mol. The van der Waals surface area contributed by atoms with E-state index in [2.05, 4.69) is 31.4 Å². The van der Waals surface area contributed by atoms with E-state index < -0.39 is 0 Å². The lowest BCUT2D eigenvalue weighted by Gasteiger charge is -1.98. The summed E-state index contributed by atoms with van der Waals surface area (Å²) in [5.41, 5.74) is 0.486. The fraction of sp³-hybridized carbons (Fsp3) is 0.273. The van der Waals surface area contributed by atoms with Gasteiger partial charge in [-0.15, -0.1) is 10.2 Å². The Morgan fingerprint density at radius 3 is 3.00 bits per heavy atom. The number of aromatic nitrogens is 2. The van der Waals surface area contributed by atoms with Crippen molar-refractivity contribution in [3.05, 3.63) is 33.5 Å². The minimum absolute atomic E-state index is 0.278. The summed E-state index contributed by atoms with van der Waals surface area (Å²) < 4.78 is 14.4. The number of nitrogens with one attached hydrogen (secondary N) is 1. The lowest BCUT2D eigenvalue weighted by molar-refractivity contribution is 0.630. The van der Waals surface area contributed by atoms with Crippen LogP contribution in [0.15, 0.2) is 22.7 Å². The molecule has 0 aliphatic rings. The second-order valence-electron chi connectivity index (χ2n) is 3.41. The third kappa shape index (κ3) is 3.08. The van der Waals surface area contributed by atoms with Gasteiger partial charge in [-0.05, 0) is 24.7 Å². The molecule has 0 spiro atoms. The molecule has 1 N–H and O–H groups in total. The minimum atomic E-state index is -0.278. The zero-order valence-electron chi connectivity index (χ0n) is 9.20. The quantitative estimate of drug-likeness (QED) is 0.941. The summed E-state index contributed by atoms with van der Waals surface area (Å²) in [4.78, 5) is 0. The highest BCUT2D eigenvalue weighted by molar-refractivity contribution is 9.10. The first-order valence-corrected chi connectivity index (χ1v) is 6.80. The van der Waals surface area contributed by atoms with Crippen molar-refractivity contribution < 1.29 is 4.39 Å². The third-order valence-corrected chi connectivity index (χ3v) is 3.60. The van der Waals surface area contributed by atoms with Crippen molar-refractivity contribution in [1.29, 1.82) is 0 Å². The second-order valence-corrected chi connectivity index (χ2v) is 5.38. The summed E-state index contributed by atoms with van der Waals surface area (Å²) in [7, 11) is 0. The topological polar surface area (TPSA) is 37.8 Å². The molecule has 0 aliphatic carbocycles. The standard InChI is InChI=1S/C11H11BrFN3S/c1-2-14-6-10-15-16-11(17-10)8-5-7(12)3-4-9(8)13/h3-5,14H,2,6H2,1H3. The van der Waals surface area contributed by atoms with E-state index in [1.807, 2.05) is 6.92 Å². The van der Waals surface area contributed by atoms with E-state index >= 15 is 0 Å². The van der Waals surface area contributed by atoms with E-state index in [1.165, 1.54) is 17.4 Å². The molecule has 17 heavy (non-hydrogen) atoms. The first-order valence-electron chi connectivity index (χ1n) is 5.19. The van der Waals surface area contributed by atoms with Crippen LogP contribution in [-0.2, 0) is 6.54 Å². The highest BCUT2D eigenvalue weighted by Gasteiger charge is 2.11. The van der Waals surface area contributed by atoms with Crippen molar-refractivity contribution in [2.75, 3.05) is 6.54 Å². The molecule has 2 aromatic rings. The molecule has 0 unspecified atom stereocenters. The average molecular weight is 316 g/mol. The van der Waals surface area contributed by atoms with E-state index in [4.69, 9.17) is 0 Å². The summed E-state index contributed by atoms with van der Waals surface area (Å²) in [5, 5.41) is 12.7. The summed E-state index contributed by atoms with van der Waals surface area (Å²) in [6, 6.07) is 4.80. The van der Waals surface area contributed by atoms with Crippen molar-refractivity contribution in [2.45, 2.75) is 13.5 Å². The molecule has 2 rings (SSSR count). The lowest BCUT2D eigenvalue weighted by Crippen LogP contribution is -2.11. The Morgan fingerprint density at radius 1 is 1.41 bits per heavy atom. The first-order chi connectivity index (χ1) is 8.20. The van der Waals surface area contributed by atoms with Gasteiger partial charge in [0.1, 0.15) is 10.8 Å². The largest absolute Gasteiger partial charge is 0.311 e. The van der Waals surface area contributed by atoms with Gasteiger partial charge in [0, 0.05) is 16.6 Å². The van der Waals surface area contributed by atoms with Crippen LogP contribution in [0.4, 0.5) is 4.39 Å². The molecule has 6 heteroatoms. The van der Waals surface area contributed by atoms with Crippen molar-refractivity contribution in [2.24, 2.45) is 0 Å². The van der Waals surface area contributed by atoms with Crippen LogP contribution >= 0.6 is 27.3 Å². The predicted octanol–water partition coefficient (Wildman–Crippen LogP) is 3.22. The highest BCUT2D eigenvalue weighted by Crippen LogP contribution is 2.28. The van der Waals surface area contributed by atoms with Crippen molar-refractivity contribution in [3.63, 3.8) is 0 Å². The minimum Gasteiger partial charge on any atom is -0.311 e. The van der Waals surface area contributed by atoms with E-state index in [0.717, 1.165) is 16.0 Å². The highest BCUT2D eigenvalue weighted by atomic mass is 79.9. The van der Waals surface area contributed by atoms with E-state index in [0.29, 0.717) is 17.1 Å². The van der Waals surface area contributed by atoms with Crippen molar-refractivity contribution in [1.82, 2.24) is 15.5 Å². The van der Waals surface area contributed by atoms with Crippen LogP contribution in [0.5, 0.6) is 0 Å². The van der Waals surface area contributed by atoms with Gasteiger partial charge in [-0.25, -0.2) is 4.39 Å². The van der Waals surface area contributed by atoms with Gasteiger partial charge in [-0.2, -0.15) is 0 Å². The fourth-order valence-corrected chi connectivity index (χ4v) is 2.52. The molecular weight excluding hydrogens is 305 g/mol. The molecule has 1 aromatic heterocycles. The van der Waals surface area contributed by atoms with Crippen LogP contribution < -0.4 is 5.32 Å². The van der Waals surface area contributed by atoms with Gasteiger partial charge in [0.25, 0.3) is 0 Å². The van der Waals surface area contributed by atoms with Crippen LogP contribution in [0.3, 0.4) is 0 Å². The summed E-state index contributed by atoms with van der Waals surface area (Å²) in [5.74, 6) is -0.278. The maximum Gasteiger partial charge on any atom is 0.150 e. The Kier molecular flexibility index (Phi) is 4.20. The zero-order valence-corrected chi connectivity index (χ0v) is 11.6. The molecule has 0 saturated carbocycles. The molecule has 0 atom stereocenters. The summed E-state index contributed by atoms with van der Waals surface area (Å²) in [6.07, 6.45) is 0. The predicted molar refractivity (Wildman–Crippen MR) is 70.4 cm³/mol. The van der Waals surface area contributed by atoms with Gasteiger partial charge < -0.3 is 5.32 Å². The Bertz CT molecular complexity index is 515. The van der Waals surface area contributed by atoms with Crippen LogP contribution in [0.1, 0.15) is 11.9 Å². The van der Waals surface area contributed by atoms with E-state index in [-0.39, 0.29) is 5.82 Å². The second kappa shape index (κ2) is 5.66. The molecule has 3 nitrogen and oxygen atoms in total. The summed E-state index contributed by atoms with van der Waals surface area (Å²) >= 11 is 4.72. The molecule has 0 bridgehead atoms. The number of nitrogens with zero attached hydrogens (tertiary/aromatic N) is 2. The molecule has 1 heterocycles. The van der Waals surface area contributed by atoms with Crippen LogP contribution in [0.25, 0.3) is 10.6 Å². The molecule has 90 valence electrons.